The summed E-state index contributed by atoms with van der Waals surface area (Å²) < 4.78 is 9.27. The van der Waals surface area contributed by atoms with Gasteiger partial charge in [0.05, 0.1) is 11.0 Å². The van der Waals surface area contributed by atoms with Gasteiger partial charge in [-0.15, -0.1) is 0 Å². The lowest BCUT2D eigenvalue weighted by Gasteiger charge is -2.12. The van der Waals surface area contributed by atoms with Crippen LogP contribution in [-0.2, 0) is 0 Å². The van der Waals surface area contributed by atoms with E-state index in [0.29, 0.717) is 17.5 Å². The zero-order valence-corrected chi connectivity index (χ0v) is 30.2. The summed E-state index contributed by atoms with van der Waals surface area (Å²) in [5.74, 6) is 1.87. The van der Waals surface area contributed by atoms with E-state index in [0.717, 1.165) is 66.6 Å². The first kappa shape index (κ1) is 31.9. The minimum absolute atomic E-state index is 0.611. The molecule has 262 valence electrons. The Morgan fingerprint density at radius 3 is 1.48 bits per heavy atom. The van der Waals surface area contributed by atoms with Crippen LogP contribution in [0.2, 0.25) is 0 Å². The van der Waals surface area contributed by atoms with Gasteiger partial charge in [0, 0.05) is 49.5 Å². The summed E-state index contributed by atoms with van der Waals surface area (Å²) in [4.78, 5) is 15.0. The molecule has 5 heteroatoms. The quantitative estimate of drug-likeness (QED) is 0.172. The van der Waals surface area contributed by atoms with Gasteiger partial charge in [-0.2, -0.15) is 0 Å². The molecule has 11 aromatic rings. The highest BCUT2D eigenvalue weighted by atomic mass is 16.3. The Morgan fingerprint density at radius 1 is 0.339 bits per heavy atom. The molecule has 0 amide bonds. The number of nitrogens with zero attached hydrogens (tertiary/aromatic N) is 4. The molecule has 3 heterocycles. The van der Waals surface area contributed by atoms with Crippen molar-refractivity contribution in [2.75, 3.05) is 0 Å². The van der Waals surface area contributed by atoms with Gasteiger partial charge in [-0.05, 0) is 53.1 Å². The minimum atomic E-state index is 0.611. The molecule has 0 bridgehead atoms. The lowest BCUT2D eigenvalue weighted by molar-refractivity contribution is 0.670. The number of para-hydroxylation sites is 2. The van der Waals surface area contributed by atoms with Crippen LogP contribution in [0.25, 0.3) is 106 Å². The molecular weight excluding hydrogens is 685 g/mol. The van der Waals surface area contributed by atoms with E-state index in [1.165, 1.54) is 21.8 Å². The molecule has 0 radical (unpaired) electrons. The summed E-state index contributed by atoms with van der Waals surface area (Å²) in [7, 11) is 0. The number of rotatable bonds is 6. The number of furan rings is 1. The Bertz CT molecular complexity index is 3130. The van der Waals surface area contributed by atoms with Gasteiger partial charge in [0.15, 0.2) is 17.5 Å². The molecule has 0 atom stereocenters. The predicted molar refractivity (Wildman–Crippen MR) is 229 cm³/mol. The number of aromatic nitrogens is 4. The zero-order chi connectivity index (χ0) is 37.0. The Labute approximate surface area is 322 Å². The first-order chi connectivity index (χ1) is 27.8. The van der Waals surface area contributed by atoms with E-state index in [2.05, 4.69) is 132 Å². The second kappa shape index (κ2) is 13.0. The number of benzene rings is 8. The molecule has 8 aromatic carbocycles. The molecule has 0 aliphatic carbocycles. The minimum Gasteiger partial charge on any atom is -0.455 e. The number of fused-ring (bicyclic) bond motifs is 6. The largest absolute Gasteiger partial charge is 0.455 e. The highest BCUT2D eigenvalue weighted by molar-refractivity contribution is 6.13. The normalized spacial score (nSPS) is 11.6. The summed E-state index contributed by atoms with van der Waals surface area (Å²) in [6, 6.07) is 67.4. The van der Waals surface area contributed by atoms with Crippen LogP contribution in [0.5, 0.6) is 0 Å². The Hall–Kier alpha value is -7.63. The van der Waals surface area contributed by atoms with Gasteiger partial charge in [0.1, 0.15) is 11.2 Å². The molecule has 0 fully saturated rings. The second-order valence-electron chi connectivity index (χ2n) is 14.0. The third-order valence-corrected chi connectivity index (χ3v) is 10.7. The molecule has 0 saturated heterocycles. The van der Waals surface area contributed by atoms with Crippen LogP contribution in [0, 0.1) is 0 Å². The molecule has 0 spiro atoms. The average Bonchev–Trinajstić information content (AvgIpc) is 3.82. The highest BCUT2D eigenvalue weighted by Gasteiger charge is 2.20. The summed E-state index contributed by atoms with van der Waals surface area (Å²) in [6.07, 6.45) is 0. The van der Waals surface area contributed by atoms with Crippen molar-refractivity contribution in [1.82, 2.24) is 19.5 Å². The molecule has 0 aliphatic rings. The van der Waals surface area contributed by atoms with Crippen LogP contribution in [0.1, 0.15) is 0 Å². The van der Waals surface area contributed by atoms with E-state index in [-0.39, 0.29) is 0 Å². The van der Waals surface area contributed by atoms with Gasteiger partial charge >= 0.3 is 0 Å². The zero-order valence-electron chi connectivity index (χ0n) is 30.2. The average molecular weight is 717 g/mol. The molecule has 0 aliphatic heterocycles. The topological polar surface area (TPSA) is 56.7 Å². The van der Waals surface area contributed by atoms with Crippen LogP contribution in [0.15, 0.2) is 199 Å². The summed E-state index contributed by atoms with van der Waals surface area (Å²) >= 11 is 0. The van der Waals surface area contributed by atoms with Crippen LogP contribution in [-0.4, -0.2) is 19.5 Å². The van der Waals surface area contributed by atoms with Gasteiger partial charge in [-0.25, -0.2) is 15.0 Å². The summed E-state index contributed by atoms with van der Waals surface area (Å²) in [5.41, 5.74) is 12.1. The van der Waals surface area contributed by atoms with Crippen molar-refractivity contribution in [3.8, 4) is 62.1 Å². The molecule has 56 heavy (non-hydrogen) atoms. The van der Waals surface area contributed by atoms with Gasteiger partial charge in [0.25, 0.3) is 0 Å². The van der Waals surface area contributed by atoms with Gasteiger partial charge in [-0.1, -0.05) is 158 Å². The Balaban J connectivity index is 1.11. The fraction of sp³-hybridized carbons (Fsp3) is 0. The number of hydrogen-bond donors (Lipinski definition) is 0. The summed E-state index contributed by atoms with van der Waals surface area (Å²) in [5, 5.41) is 4.58. The van der Waals surface area contributed by atoms with Crippen molar-refractivity contribution in [2.45, 2.75) is 0 Å². The fourth-order valence-corrected chi connectivity index (χ4v) is 8.05. The molecule has 11 rings (SSSR count). The van der Waals surface area contributed by atoms with Crippen molar-refractivity contribution >= 4 is 43.7 Å². The molecule has 5 nitrogen and oxygen atoms in total. The highest BCUT2D eigenvalue weighted by Crippen LogP contribution is 2.42. The predicted octanol–water partition coefficient (Wildman–Crippen LogP) is 13.2. The van der Waals surface area contributed by atoms with Crippen molar-refractivity contribution in [2.24, 2.45) is 0 Å². The molecule has 0 N–H and O–H groups in total. The van der Waals surface area contributed by atoms with E-state index < -0.39 is 0 Å². The fourth-order valence-electron chi connectivity index (χ4n) is 8.05. The molecular formula is C51H32N4O. The van der Waals surface area contributed by atoms with Crippen molar-refractivity contribution in [1.29, 1.82) is 0 Å². The smallest absolute Gasteiger partial charge is 0.164 e. The third kappa shape index (κ3) is 5.29. The number of hydrogen-bond acceptors (Lipinski definition) is 4. The van der Waals surface area contributed by atoms with E-state index in [9.17, 15) is 0 Å². The van der Waals surface area contributed by atoms with Crippen LogP contribution < -0.4 is 0 Å². The van der Waals surface area contributed by atoms with Crippen LogP contribution >= 0.6 is 0 Å². The third-order valence-electron chi connectivity index (χ3n) is 10.7. The van der Waals surface area contributed by atoms with Gasteiger partial charge in [-0.3, -0.25) is 0 Å². The first-order valence-corrected chi connectivity index (χ1v) is 18.8. The Kier molecular flexibility index (Phi) is 7.42. The maximum absolute atomic E-state index is 6.90. The maximum Gasteiger partial charge on any atom is 0.164 e. The van der Waals surface area contributed by atoms with Crippen molar-refractivity contribution in [3.05, 3.63) is 194 Å². The maximum atomic E-state index is 6.90. The van der Waals surface area contributed by atoms with E-state index in [1.807, 2.05) is 66.7 Å². The monoisotopic (exact) mass is 716 g/mol. The lowest BCUT2D eigenvalue weighted by Crippen LogP contribution is -2.01. The van der Waals surface area contributed by atoms with Crippen LogP contribution in [0.4, 0.5) is 0 Å². The van der Waals surface area contributed by atoms with Crippen LogP contribution in [0.3, 0.4) is 0 Å². The van der Waals surface area contributed by atoms with E-state index in [4.69, 9.17) is 19.4 Å². The SMILES string of the molecule is c1ccc(-c2nc(-c3ccccc3)nc(-c3ccccc3-c3ccc4c(c3)oc3c(-c5ccccc5)cc(-n5c6ccccc6c6ccccc65)cc34)n2)cc1. The summed E-state index contributed by atoms with van der Waals surface area (Å²) in [6.45, 7) is 0. The molecule has 3 aromatic heterocycles. The van der Waals surface area contributed by atoms with Crippen molar-refractivity contribution < 1.29 is 4.42 Å². The van der Waals surface area contributed by atoms with Crippen molar-refractivity contribution in [3.63, 3.8) is 0 Å². The standard InChI is InChI=1S/C51H32N4O/c1-4-16-33(17-5-1)43-31-37(55-45-26-14-12-23-39(45)40-24-13-15-27-46(40)55)32-44-41-29-28-36(30-47(41)56-48(43)44)38-22-10-11-25-42(38)51-53-49(34-18-6-2-7-19-34)52-50(54-51)35-20-8-3-9-21-35/h1-32H. The van der Waals surface area contributed by atoms with Gasteiger partial charge < -0.3 is 8.98 Å². The van der Waals surface area contributed by atoms with E-state index >= 15 is 0 Å². The molecule has 0 unspecified atom stereocenters. The first-order valence-electron chi connectivity index (χ1n) is 18.8. The van der Waals surface area contributed by atoms with Gasteiger partial charge in [0.2, 0.25) is 0 Å². The van der Waals surface area contributed by atoms with E-state index in [1.54, 1.807) is 0 Å². The lowest BCUT2D eigenvalue weighted by atomic mass is 9.97. The second-order valence-corrected chi connectivity index (χ2v) is 14.0. The molecule has 0 saturated carbocycles. The Morgan fingerprint density at radius 2 is 0.857 bits per heavy atom.